The van der Waals surface area contributed by atoms with Crippen LogP contribution < -0.4 is 9.64 Å². The maximum absolute atomic E-state index is 12.9. The van der Waals surface area contributed by atoms with Crippen LogP contribution in [0.4, 0.5) is 9.80 Å². The maximum atomic E-state index is 12.9. The van der Waals surface area contributed by atoms with Crippen LogP contribution in [0.5, 0.6) is 5.75 Å². The molecule has 0 aliphatic carbocycles. The lowest BCUT2D eigenvalue weighted by Gasteiger charge is -2.27. The zero-order valence-corrected chi connectivity index (χ0v) is 19.4. The quantitative estimate of drug-likeness (QED) is 0.590. The van der Waals surface area contributed by atoms with Crippen LogP contribution in [0, 0.1) is 20.8 Å². The Morgan fingerprint density at radius 3 is 2.37 bits per heavy atom. The van der Waals surface area contributed by atoms with Crippen molar-refractivity contribution in [1.29, 1.82) is 0 Å². The van der Waals surface area contributed by atoms with Gasteiger partial charge < -0.3 is 14.4 Å². The zero-order valence-electron chi connectivity index (χ0n) is 18.6. The number of hydrogen-bond acceptors (Lipinski definition) is 5. The van der Waals surface area contributed by atoms with E-state index in [2.05, 4.69) is 11.4 Å². The van der Waals surface area contributed by atoms with Gasteiger partial charge in [-0.1, -0.05) is 12.1 Å². The number of esters is 1. The van der Waals surface area contributed by atoms with E-state index in [-0.39, 0.29) is 12.0 Å². The number of hydrogen-bond donors (Lipinski definition) is 0. The Morgan fingerprint density at radius 1 is 1.13 bits per heavy atom. The van der Waals surface area contributed by atoms with E-state index in [0.29, 0.717) is 32.0 Å². The second kappa shape index (κ2) is 8.68. The molecular weight excluding hydrogens is 400 g/mol. The van der Waals surface area contributed by atoms with E-state index in [4.69, 9.17) is 9.47 Å². The Kier molecular flexibility index (Phi) is 6.41. The Balaban J connectivity index is 1.73. The van der Waals surface area contributed by atoms with Gasteiger partial charge in [-0.3, -0.25) is 4.90 Å². The second-order valence-corrected chi connectivity index (χ2v) is 9.10. The minimum atomic E-state index is -1.07. The molecule has 162 valence electrons. The average molecular weight is 431 g/mol. The van der Waals surface area contributed by atoms with Gasteiger partial charge >= 0.3 is 12.0 Å². The van der Waals surface area contributed by atoms with Gasteiger partial charge in [-0.2, -0.15) is 0 Å². The van der Waals surface area contributed by atoms with Crippen molar-refractivity contribution in [3.05, 3.63) is 45.8 Å². The van der Waals surface area contributed by atoms with Crippen molar-refractivity contribution in [2.45, 2.75) is 53.7 Å². The number of urea groups is 1. The van der Waals surface area contributed by atoms with Gasteiger partial charge in [-0.25, -0.2) is 9.59 Å². The summed E-state index contributed by atoms with van der Waals surface area (Å²) in [4.78, 5) is 28.8. The molecule has 6 nitrogen and oxygen atoms in total. The number of rotatable bonds is 7. The van der Waals surface area contributed by atoms with Crippen molar-refractivity contribution in [2.24, 2.45) is 0 Å². The number of carbonyl (C=O) groups excluding carboxylic acids is 2. The highest BCUT2D eigenvalue weighted by atomic mass is 32.1. The van der Waals surface area contributed by atoms with E-state index in [1.54, 1.807) is 32.1 Å². The Hall–Kier alpha value is -2.54. The van der Waals surface area contributed by atoms with Crippen LogP contribution in [0.2, 0.25) is 0 Å². The normalized spacial score (nSPS) is 14.4. The number of amides is 2. The summed E-state index contributed by atoms with van der Waals surface area (Å²) < 4.78 is 11.2. The minimum Gasteiger partial charge on any atom is -0.476 e. The Morgan fingerprint density at radius 2 is 1.80 bits per heavy atom. The molecular formula is C23H30N2O4S. The van der Waals surface area contributed by atoms with Crippen molar-refractivity contribution >= 4 is 28.3 Å². The number of anilines is 1. The molecule has 7 heteroatoms. The first-order valence-corrected chi connectivity index (χ1v) is 11.1. The Labute approximate surface area is 182 Å². The second-order valence-electron chi connectivity index (χ2n) is 8.21. The van der Waals surface area contributed by atoms with Crippen molar-refractivity contribution in [3.63, 3.8) is 0 Å². The fraction of sp³-hybridized carbons (Fsp3) is 0.478. The summed E-state index contributed by atoms with van der Waals surface area (Å²) in [5.41, 5.74) is 3.01. The lowest BCUT2D eigenvalue weighted by Crippen LogP contribution is -2.40. The van der Waals surface area contributed by atoms with Crippen LogP contribution in [-0.2, 0) is 16.1 Å². The standard InChI is InChI=1S/C23H30N2O4S/c1-7-28-21(26)23(5,6)29-20-16(3)11-18(12-17(20)4)13-24-8-9-25(22(24)27)19-10-15(2)14-30-19/h10-12,14H,7-9,13H2,1-6H3. The molecule has 0 spiro atoms. The first-order valence-electron chi connectivity index (χ1n) is 10.2. The van der Waals surface area contributed by atoms with Crippen LogP contribution in [0.15, 0.2) is 23.6 Å². The monoisotopic (exact) mass is 430 g/mol. The molecule has 3 rings (SSSR count). The molecule has 1 aliphatic heterocycles. The molecule has 1 aliphatic rings. The van der Waals surface area contributed by atoms with Crippen molar-refractivity contribution in [2.75, 3.05) is 24.6 Å². The number of ether oxygens (including phenoxy) is 2. The fourth-order valence-electron chi connectivity index (χ4n) is 3.61. The van der Waals surface area contributed by atoms with Crippen LogP contribution in [0.25, 0.3) is 0 Å². The Bertz CT molecular complexity index is 927. The summed E-state index contributed by atoms with van der Waals surface area (Å²) in [6.07, 6.45) is 0. The summed E-state index contributed by atoms with van der Waals surface area (Å²) >= 11 is 1.60. The zero-order chi connectivity index (χ0) is 22.1. The molecule has 0 saturated carbocycles. The van der Waals surface area contributed by atoms with E-state index < -0.39 is 5.60 Å². The van der Waals surface area contributed by atoms with Crippen LogP contribution in [0.1, 0.15) is 43.0 Å². The first-order chi connectivity index (χ1) is 14.1. The van der Waals surface area contributed by atoms with Gasteiger partial charge in [-0.05, 0) is 75.2 Å². The van der Waals surface area contributed by atoms with Gasteiger partial charge in [0, 0.05) is 19.6 Å². The topological polar surface area (TPSA) is 59.1 Å². The molecule has 2 amide bonds. The summed E-state index contributed by atoms with van der Waals surface area (Å²) in [7, 11) is 0. The number of thiophene rings is 1. The highest BCUT2D eigenvalue weighted by Gasteiger charge is 2.33. The van der Waals surface area contributed by atoms with Crippen LogP contribution in [0.3, 0.4) is 0 Å². The van der Waals surface area contributed by atoms with E-state index in [1.807, 2.05) is 42.7 Å². The predicted octanol–water partition coefficient (Wildman–Crippen LogP) is 4.84. The molecule has 30 heavy (non-hydrogen) atoms. The fourth-order valence-corrected chi connectivity index (χ4v) is 4.53. The molecule has 1 aromatic carbocycles. The first kappa shape index (κ1) is 22.2. The molecule has 1 aromatic heterocycles. The molecule has 2 aromatic rings. The van der Waals surface area contributed by atoms with Gasteiger partial charge in [0.25, 0.3) is 0 Å². The van der Waals surface area contributed by atoms with E-state index in [0.717, 1.165) is 21.7 Å². The summed E-state index contributed by atoms with van der Waals surface area (Å²) in [5.74, 6) is 0.291. The summed E-state index contributed by atoms with van der Waals surface area (Å²) in [5, 5.41) is 3.06. The number of carbonyl (C=O) groups is 2. The minimum absolute atomic E-state index is 0.0379. The summed E-state index contributed by atoms with van der Waals surface area (Å²) in [6.45, 7) is 13.4. The third-order valence-electron chi connectivity index (χ3n) is 5.10. The van der Waals surface area contributed by atoms with E-state index in [1.165, 1.54) is 5.56 Å². The third-order valence-corrected chi connectivity index (χ3v) is 6.16. The van der Waals surface area contributed by atoms with Crippen LogP contribution >= 0.6 is 11.3 Å². The van der Waals surface area contributed by atoms with E-state index in [9.17, 15) is 9.59 Å². The van der Waals surface area contributed by atoms with E-state index >= 15 is 0 Å². The molecule has 0 atom stereocenters. The molecule has 1 fully saturated rings. The van der Waals surface area contributed by atoms with Gasteiger partial charge in [0.15, 0.2) is 5.60 Å². The smallest absolute Gasteiger partial charge is 0.349 e. The number of aryl methyl sites for hydroxylation is 3. The van der Waals surface area contributed by atoms with Crippen molar-refractivity contribution in [3.8, 4) is 5.75 Å². The SMILES string of the molecule is CCOC(=O)C(C)(C)Oc1c(C)cc(CN2CCN(c3cc(C)cs3)C2=O)cc1C. The largest absolute Gasteiger partial charge is 0.476 e. The molecule has 0 radical (unpaired) electrons. The maximum Gasteiger partial charge on any atom is 0.349 e. The van der Waals surface area contributed by atoms with Crippen LogP contribution in [-0.4, -0.2) is 42.2 Å². The van der Waals surface area contributed by atoms with Gasteiger partial charge in [0.1, 0.15) is 5.75 Å². The summed E-state index contributed by atoms with van der Waals surface area (Å²) in [6, 6.07) is 6.14. The van der Waals surface area contributed by atoms with Crippen molar-refractivity contribution in [1.82, 2.24) is 4.90 Å². The predicted molar refractivity (Wildman–Crippen MR) is 119 cm³/mol. The number of nitrogens with zero attached hydrogens (tertiary/aromatic N) is 2. The number of benzene rings is 1. The molecule has 2 heterocycles. The molecule has 0 bridgehead atoms. The molecule has 0 N–H and O–H groups in total. The molecule has 0 unspecified atom stereocenters. The van der Waals surface area contributed by atoms with Gasteiger partial charge in [0.2, 0.25) is 0 Å². The highest BCUT2D eigenvalue weighted by molar-refractivity contribution is 7.14. The lowest BCUT2D eigenvalue weighted by atomic mass is 10.0. The average Bonchev–Trinajstić information content (AvgIpc) is 3.24. The van der Waals surface area contributed by atoms with Gasteiger partial charge in [0.05, 0.1) is 11.6 Å². The molecule has 1 saturated heterocycles. The lowest BCUT2D eigenvalue weighted by molar-refractivity contribution is -0.158. The van der Waals surface area contributed by atoms with Gasteiger partial charge in [-0.15, -0.1) is 11.3 Å². The highest BCUT2D eigenvalue weighted by Crippen LogP contribution is 2.31. The van der Waals surface area contributed by atoms with Crippen molar-refractivity contribution < 1.29 is 19.1 Å². The third kappa shape index (κ3) is 4.61.